The maximum absolute atomic E-state index is 3.50. The molecule has 0 saturated carbocycles. The zero-order chi connectivity index (χ0) is 8.55. The average molecular weight is 161 g/mol. The van der Waals surface area contributed by atoms with E-state index in [1.54, 1.807) is 0 Å². The molecule has 0 amide bonds. The third-order valence-corrected chi connectivity index (χ3v) is 2.64. The first kappa shape index (κ1) is 7.66. The third kappa shape index (κ3) is 1.20. The normalized spacial score (nSPS) is 21.3. The summed E-state index contributed by atoms with van der Waals surface area (Å²) in [5, 5.41) is 3.50. The number of benzene rings is 1. The number of hydrogen-bond acceptors (Lipinski definition) is 1. The van der Waals surface area contributed by atoms with E-state index >= 15 is 0 Å². The standard InChI is InChI=1S/C11H15N/c1-8-4-3-5-11-10(8)7-6-9(2)12-11/h3-5,9,12H,6-7H2,1-2H3/t9-/m0/s1. The zero-order valence-electron chi connectivity index (χ0n) is 7.72. The van der Waals surface area contributed by atoms with Gasteiger partial charge in [0.2, 0.25) is 0 Å². The van der Waals surface area contributed by atoms with Crippen molar-refractivity contribution in [2.45, 2.75) is 32.7 Å². The van der Waals surface area contributed by atoms with Crippen LogP contribution in [0.4, 0.5) is 5.69 Å². The van der Waals surface area contributed by atoms with Gasteiger partial charge in [-0.1, -0.05) is 12.1 Å². The second-order valence-electron chi connectivity index (χ2n) is 3.69. The van der Waals surface area contributed by atoms with Crippen LogP contribution < -0.4 is 5.32 Å². The molecule has 0 saturated heterocycles. The lowest BCUT2D eigenvalue weighted by molar-refractivity contribution is 0.678. The van der Waals surface area contributed by atoms with Crippen molar-refractivity contribution in [2.24, 2.45) is 0 Å². The summed E-state index contributed by atoms with van der Waals surface area (Å²) >= 11 is 0. The Labute approximate surface area is 73.8 Å². The van der Waals surface area contributed by atoms with Gasteiger partial charge in [0.15, 0.2) is 0 Å². The molecule has 0 fully saturated rings. The highest BCUT2D eigenvalue weighted by Crippen LogP contribution is 2.26. The molecule has 1 heterocycles. The van der Waals surface area contributed by atoms with Crippen molar-refractivity contribution < 1.29 is 0 Å². The molecular weight excluding hydrogens is 146 g/mol. The molecule has 0 bridgehead atoms. The van der Waals surface area contributed by atoms with Crippen molar-refractivity contribution in [3.05, 3.63) is 29.3 Å². The Morgan fingerprint density at radius 2 is 2.25 bits per heavy atom. The van der Waals surface area contributed by atoms with Gasteiger partial charge < -0.3 is 5.32 Å². The maximum Gasteiger partial charge on any atom is 0.0377 e. The minimum Gasteiger partial charge on any atom is -0.382 e. The summed E-state index contributed by atoms with van der Waals surface area (Å²) in [5.41, 5.74) is 4.27. The van der Waals surface area contributed by atoms with Gasteiger partial charge >= 0.3 is 0 Å². The van der Waals surface area contributed by atoms with Crippen LogP contribution in [-0.2, 0) is 6.42 Å². The van der Waals surface area contributed by atoms with Crippen LogP contribution >= 0.6 is 0 Å². The molecule has 1 atom stereocenters. The lowest BCUT2D eigenvalue weighted by Gasteiger charge is -2.25. The van der Waals surface area contributed by atoms with Crippen LogP contribution in [0.5, 0.6) is 0 Å². The van der Waals surface area contributed by atoms with Crippen molar-refractivity contribution in [3.63, 3.8) is 0 Å². The molecule has 0 aromatic heterocycles. The first-order valence-corrected chi connectivity index (χ1v) is 4.62. The summed E-state index contributed by atoms with van der Waals surface area (Å²) in [6, 6.07) is 7.13. The summed E-state index contributed by atoms with van der Waals surface area (Å²) in [6.07, 6.45) is 2.49. The van der Waals surface area contributed by atoms with E-state index in [2.05, 4.69) is 37.4 Å². The molecule has 1 N–H and O–H groups in total. The summed E-state index contributed by atoms with van der Waals surface area (Å²) in [6.45, 7) is 4.43. The highest BCUT2D eigenvalue weighted by atomic mass is 14.9. The first-order chi connectivity index (χ1) is 5.77. The van der Waals surface area contributed by atoms with E-state index < -0.39 is 0 Å². The SMILES string of the molecule is Cc1cccc2c1CC[C@H](C)N2. The van der Waals surface area contributed by atoms with E-state index in [4.69, 9.17) is 0 Å². The largest absolute Gasteiger partial charge is 0.382 e. The fraction of sp³-hybridized carbons (Fsp3) is 0.455. The van der Waals surface area contributed by atoms with Crippen LogP contribution in [0.2, 0.25) is 0 Å². The van der Waals surface area contributed by atoms with Crippen LogP contribution in [0.3, 0.4) is 0 Å². The quantitative estimate of drug-likeness (QED) is 0.617. The number of anilines is 1. The second kappa shape index (κ2) is 2.81. The smallest absolute Gasteiger partial charge is 0.0377 e. The van der Waals surface area contributed by atoms with E-state index in [1.807, 2.05) is 0 Å². The van der Waals surface area contributed by atoms with E-state index in [1.165, 1.54) is 29.7 Å². The first-order valence-electron chi connectivity index (χ1n) is 4.62. The predicted molar refractivity (Wildman–Crippen MR) is 52.6 cm³/mol. The summed E-state index contributed by atoms with van der Waals surface area (Å²) in [5.74, 6) is 0. The Hall–Kier alpha value is -0.980. The van der Waals surface area contributed by atoms with Crippen LogP contribution in [0.15, 0.2) is 18.2 Å². The number of aryl methyl sites for hydroxylation is 1. The minimum atomic E-state index is 0.638. The Bertz CT molecular complexity index is 291. The fourth-order valence-electron chi connectivity index (χ4n) is 1.87. The minimum absolute atomic E-state index is 0.638. The molecule has 0 radical (unpaired) electrons. The molecule has 1 aliphatic heterocycles. The van der Waals surface area contributed by atoms with Crippen molar-refractivity contribution in [1.82, 2.24) is 0 Å². The monoisotopic (exact) mass is 161 g/mol. The van der Waals surface area contributed by atoms with Gasteiger partial charge in [-0.3, -0.25) is 0 Å². The van der Waals surface area contributed by atoms with Crippen molar-refractivity contribution >= 4 is 5.69 Å². The van der Waals surface area contributed by atoms with Crippen molar-refractivity contribution in [2.75, 3.05) is 5.32 Å². The van der Waals surface area contributed by atoms with E-state index in [9.17, 15) is 0 Å². The number of nitrogens with one attached hydrogen (secondary N) is 1. The average Bonchev–Trinajstić information content (AvgIpc) is 2.04. The van der Waals surface area contributed by atoms with Gasteiger partial charge in [0.1, 0.15) is 0 Å². The molecule has 12 heavy (non-hydrogen) atoms. The summed E-state index contributed by atoms with van der Waals surface area (Å²) in [7, 11) is 0. The van der Waals surface area contributed by atoms with Gasteiger partial charge in [0.05, 0.1) is 0 Å². The van der Waals surface area contributed by atoms with Gasteiger partial charge in [-0.15, -0.1) is 0 Å². The molecule has 2 rings (SSSR count). The lowest BCUT2D eigenvalue weighted by atomic mass is 9.95. The van der Waals surface area contributed by atoms with Crippen LogP contribution in [-0.4, -0.2) is 6.04 Å². The predicted octanol–water partition coefficient (Wildman–Crippen LogP) is 2.74. The third-order valence-electron chi connectivity index (χ3n) is 2.64. The molecule has 0 aliphatic carbocycles. The Balaban J connectivity index is 2.42. The molecule has 1 nitrogen and oxygen atoms in total. The molecule has 0 unspecified atom stereocenters. The van der Waals surface area contributed by atoms with Crippen molar-refractivity contribution in [3.8, 4) is 0 Å². The van der Waals surface area contributed by atoms with Crippen LogP contribution in [0, 0.1) is 6.92 Å². The van der Waals surface area contributed by atoms with Gasteiger partial charge in [-0.25, -0.2) is 0 Å². The maximum atomic E-state index is 3.50. The van der Waals surface area contributed by atoms with Crippen molar-refractivity contribution in [1.29, 1.82) is 0 Å². The summed E-state index contributed by atoms with van der Waals surface area (Å²) in [4.78, 5) is 0. The Morgan fingerprint density at radius 3 is 3.08 bits per heavy atom. The molecular formula is C11H15N. The molecule has 1 aliphatic rings. The van der Waals surface area contributed by atoms with E-state index in [-0.39, 0.29) is 0 Å². The van der Waals surface area contributed by atoms with Crippen LogP contribution in [0.1, 0.15) is 24.5 Å². The number of fused-ring (bicyclic) bond motifs is 1. The van der Waals surface area contributed by atoms with E-state index in [0.29, 0.717) is 6.04 Å². The molecule has 1 heteroatoms. The topological polar surface area (TPSA) is 12.0 Å². The lowest BCUT2D eigenvalue weighted by Crippen LogP contribution is -2.22. The van der Waals surface area contributed by atoms with Crippen LogP contribution in [0.25, 0.3) is 0 Å². The highest BCUT2D eigenvalue weighted by molar-refractivity contribution is 5.56. The van der Waals surface area contributed by atoms with E-state index in [0.717, 1.165) is 0 Å². The zero-order valence-corrected chi connectivity index (χ0v) is 7.72. The molecule has 64 valence electrons. The highest BCUT2D eigenvalue weighted by Gasteiger charge is 2.14. The molecule has 1 aromatic carbocycles. The Kier molecular flexibility index (Phi) is 1.80. The Morgan fingerprint density at radius 1 is 1.42 bits per heavy atom. The van der Waals surface area contributed by atoms with Gasteiger partial charge in [-0.05, 0) is 43.9 Å². The van der Waals surface area contributed by atoms with Gasteiger partial charge in [0.25, 0.3) is 0 Å². The molecule has 0 spiro atoms. The van der Waals surface area contributed by atoms with Gasteiger partial charge in [0, 0.05) is 11.7 Å². The van der Waals surface area contributed by atoms with Gasteiger partial charge in [-0.2, -0.15) is 0 Å². The second-order valence-corrected chi connectivity index (χ2v) is 3.69. The summed E-state index contributed by atoms with van der Waals surface area (Å²) < 4.78 is 0. The number of rotatable bonds is 0. The fourth-order valence-corrected chi connectivity index (χ4v) is 1.87. The number of hydrogen-bond donors (Lipinski definition) is 1. The molecule has 1 aromatic rings.